The number of aliphatic hydroxyl groups is 2. The second-order valence-corrected chi connectivity index (χ2v) is 14.4. The number of rotatable bonds is 2. The number of nitrogens with zero attached hydrogens (tertiary/aromatic N) is 2. The van der Waals surface area contributed by atoms with Gasteiger partial charge in [0, 0.05) is 46.5 Å². The Balaban J connectivity index is 1.18. The molecule has 202 valence electrons. The third-order valence-electron chi connectivity index (χ3n) is 11.1. The summed E-state index contributed by atoms with van der Waals surface area (Å²) in [5, 5.41) is 24.4. The highest BCUT2D eigenvalue weighted by Gasteiger charge is 2.63. The van der Waals surface area contributed by atoms with Gasteiger partial charge >= 0.3 is 0 Å². The first-order chi connectivity index (χ1) is 17.9. The van der Waals surface area contributed by atoms with Gasteiger partial charge in [0.2, 0.25) is 0 Å². The van der Waals surface area contributed by atoms with Crippen molar-refractivity contribution < 1.29 is 19.0 Å². The molecule has 0 aromatic carbocycles. The zero-order valence-corrected chi connectivity index (χ0v) is 23.0. The van der Waals surface area contributed by atoms with Crippen LogP contribution in [0.2, 0.25) is 0 Å². The van der Waals surface area contributed by atoms with Crippen LogP contribution >= 0.6 is 11.8 Å². The predicted molar refractivity (Wildman–Crippen MR) is 144 cm³/mol. The number of hydrogen-bond acceptors (Lipinski definition) is 7. The third kappa shape index (κ3) is 3.75. The molecule has 0 saturated carbocycles. The normalized spacial score (nSPS) is 46.8. The molecule has 5 aliphatic heterocycles. The maximum atomic E-state index is 12.2. The Bertz CT molecular complexity index is 993. The molecule has 0 aliphatic carbocycles. The van der Waals surface area contributed by atoms with E-state index >= 15 is 0 Å². The molecule has 5 fully saturated rings. The number of thioether (sulfide) groups is 1. The van der Waals surface area contributed by atoms with E-state index in [0.29, 0.717) is 23.9 Å². The van der Waals surface area contributed by atoms with Crippen LogP contribution in [0.3, 0.4) is 0 Å². The molecule has 6 nitrogen and oxygen atoms in total. The minimum absolute atomic E-state index is 0.180. The predicted octanol–water partition coefficient (Wildman–Crippen LogP) is 5.94. The van der Waals surface area contributed by atoms with Crippen molar-refractivity contribution in [1.29, 1.82) is 0 Å². The van der Waals surface area contributed by atoms with E-state index in [9.17, 15) is 10.2 Å². The number of hydrogen-bond donors (Lipinski definition) is 2. The summed E-state index contributed by atoms with van der Waals surface area (Å²) in [5.41, 5.74) is 2.20. The molecule has 2 spiro atoms. The van der Waals surface area contributed by atoms with Crippen molar-refractivity contribution in [2.75, 3.05) is 5.75 Å². The van der Waals surface area contributed by atoms with E-state index in [1.54, 1.807) is 12.5 Å². The Morgan fingerprint density at radius 3 is 1.92 bits per heavy atom. The van der Waals surface area contributed by atoms with Crippen molar-refractivity contribution in [3.8, 4) is 0 Å². The van der Waals surface area contributed by atoms with E-state index < -0.39 is 12.5 Å². The standard InChI is InChI=1S/C30H42N2O4S/c1-19-3-5-25(21-9-13-35-15-21)31-23(19)7-11-29(27(31)33)17-30(37-18-29)12-8-24-20(2)4-6-26(32(24)28(30)34)22-10-14-36-16-22/h9-10,13-16,19-20,23-28,33-34H,3-8,11-12,17-18H2,1-2H3/t19-,20-,23+,24+,25+,26+,27-,28-,29-,30-/m0/s1. The summed E-state index contributed by atoms with van der Waals surface area (Å²) in [5.74, 6) is 2.10. The number of fused-ring (bicyclic) bond motifs is 2. The van der Waals surface area contributed by atoms with Gasteiger partial charge in [0.15, 0.2) is 0 Å². The molecule has 0 bridgehead atoms. The van der Waals surface area contributed by atoms with Crippen LogP contribution in [-0.4, -0.2) is 55.1 Å². The van der Waals surface area contributed by atoms with Crippen molar-refractivity contribution in [3.05, 3.63) is 48.3 Å². The lowest BCUT2D eigenvalue weighted by molar-refractivity contribution is -0.191. The first-order valence-electron chi connectivity index (χ1n) is 14.5. The fourth-order valence-electron chi connectivity index (χ4n) is 9.06. The second-order valence-electron chi connectivity index (χ2n) is 13.0. The Labute approximate surface area is 224 Å². The van der Waals surface area contributed by atoms with Crippen molar-refractivity contribution in [3.63, 3.8) is 0 Å². The van der Waals surface area contributed by atoms with Crippen molar-refractivity contribution >= 4 is 11.8 Å². The molecule has 37 heavy (non-hydrogen) atoms. The van der Waals surface area contributed by atoms with Crippen molar-refractivity contribution in [2.24, 2.45) is 17.3 Å². The summed E-state index contributed by atoms with van der Waals surface area (Å²) in [7, 11) is 0. The fraction of sp³-hybridized carbons (Fsp3) is 0.733. The van der Waals surface area contributed by atoms with Gasteiger partial charge in [0.1, 0.15) is 12.5 Å². The van der Waals surface area contributed by atoms with Crippen molar-refractivity contribution in [1.82, 2.24) is 9.80 Å². The molecular formula is C30H42N2O4S. The highest BCUT2D eigenvalue weighted by molar-refractivity contribution is 8.01. The molecule has 5 aliphatic rings. The first-order valence-corrected chi connectivity index (χ1v) is 15.5. The number of piperidine rings is 4. The van der Waals surface area contributed by atoms with E-state index in [0.717, 1.165) is 50.7 Å². The van der Waals surface area contributed by atoms with Gasteiger partial charge in [-0.25, -0.2) is 0 Å². The van der Waals surface area contributed by atoms with Crippen LogP contribution in [0.25, 0.3) is 0 Å². The van der Waals surface area contributed by atoms with Crippen LogP contribution in [-0.2, 0) is 0 Å². The monoisotopic (exact) mass is 526 g/mol. The van der Waals surface area contributed by atoms with Crippen molar-refractivity contribution in [2.45, 2.75) is 113 Å². The lowest BCUT2D eigenvalue weighted by Gasteiger charge is -2.58. The average molecular weight is 527 g/mol. The zero-order chi connectivity index (χ0) is 25.4. The minimum Gasteiger partial charge on any atom is -0.472 e. The molecule has 10 atom stereocenters. The van der Waals surface area contributed by atoms with Gasteiger partial charge in [0.25, 0.3) is 0 Å². The van der Waals surface area contributed by atoms with Gasteiger partial charge < -0.3 is 19.0 Å². The van der Waals surface area contributed by atoms with Gasteiger partial charge in [-0.05, 0) is 81.8 Å². The minimum atomic E-state index is -0.506. The van der Waals surface area contributed by atoms with E-state index in [1.807, 2.05) is 24.3 Å². The zero-order valence-electron chi connectivity index (χ0n) is 22.2. The quantitative estimate of drug-likeness (QED) is 0.501. The third-order valence-corrected chi connectivity index (χ3v) is 13.0. The van der Waals surface area contributed by atoms with E-state index in [1.165, 1.54) is 24.0 Å². The Morgan fingerprint density at radius 1 is 0.784 bits per heavy atom. The van der Waals surface area contributed by atoms with Gasteiger partial charge in [-0.2, -0.15) is 11.8 Å². The number of furan rings is 2. The Hall–Kier alpha value is -1.25. The molecule has 2 aromatic heterocycles. The molecule has 7 heterocycles. The van der Waals surface area contributed by atoms with Gasteiger partial charge in [-0.15, -0.1) is 0 Å². The van der Waals surface area contributed by atoms with E-state index in [2.05, 4.69) is 35.8 Å². The first kappa shape index (κ1) is 24.8. The van der Waals surface area contributed by atoms with Crippen LogP contribution in [0.15, 0.2) is 46.0 Å². The largest absolute Gasteiger partial charge is 0.472 e. The summed E-state index contributed by atoms with van der Waals surface area (Å²) < 4.78 is 10.7. The summed E-state index contributed by atoms with van der Waals surface area (Å²) in [6, 6.07) is 5.38. The SMILES string of the molecule is C[C@H]1CC[C@H](c2ccoc2)N2[C@@H]1CC[C@]1(CS[C@@]3(CC[C@@H]4[C@@H](C)CC[C@H](c5ccoc5)N4[C@H]3O)C1)[C@@H]2O. The highest BCUT2D eigenvalue weighted by Crippen LogP contribution is 2.63. The lowest BCUT2D eigenvalue weighted by Crippen LogP contribution is -2.64. The Kier molecular flexibility index (Phi) is 6.13. The van der Waals surface area contributed by atoms with Crippen LogP contribution in [0.1, 0.15) is 94.8 Å². The van der Waals surface area contributed by atoms with Gasteiger partial charge in [0.05, 0.1) is 29.8 Å². The summed E-state index contributed by atoms with van der Waals surface area (Å²) in [6.07, 6.45) is 16.0. The lowest BCUT2D eigenvalue weighted by atomic mass is 9.65. The topological polar surface area (TPSA) is 73.2 Å². The summed E-state index contributed by atoms with van der Waals surface area (Å²) in [6.45, 7) is 4.72. The molecule has 2 N–H and O–H groups in total. The van der Waals surface area contributed by atoms with Crippen LogP contribution in [0, 0.1) is 17.3 Å². The Morgan fingerprint density at radius 2 is 1.35 bits per heavy atom. The molecule has 7 rings (SSSR count). The molecule has 0 unspecified atom stereocenters. The fourth-order valence-corrected chi connectivity index (χ4v) is 11.0. The summed E-state index contributed by atoms with van der Waals surface area (Å²) >= 11 is 1.96. The molecule has 7 heteroatoms. The molecule has 2 aromatic rings. The maximum Gasteiger partial charge on any atom is 0.122 e. The molecule has 0 amide bonds. The maximum absolute atomic E-state index is 12.2. The highest BCUT2D eigenvalue weighted by atomic mass is 32.2. The van der Waals surface area contributed by atoms with E-state index in [-0.39, 0.29) is 22.2 Å². The molecule has 5 saturated heterocycles. The molecular weight excluding hydrogens is 484 g/mol. The average Bonchev–Trinajstić information content (AvgIpc) is 3.68. The second kappa shape index (κ2) is 9.16. The smallest absolute Gasteiger partial charge is 0.122 e. The number of aliphatic hydroxyl groups excluding tert-OH is 2. The molecule has 0 radical (unpaired) electrons. The summed E-state index contributed by atoms with van der Waals surface area (Å²) in [4.78, 5) is 4.90. The van der Waals surface area contributed by atoms with Gasteiger partial charge in [-0.1, -0.05) is 13.8 Å². The van der Waals surface area contributed by atoms with Crippen LogP contribution < -0.4 is 0 Å². The van der Waals surface area contributed by atoms with Crippen LogP contribution in [0.5, 0.6) is 0 Å². The van der Waals surface area contributed by atoms with Crippen LogP contribution in [0.4, 0.5) is 0 Å². The van der Waals surface area contributed by atoms with Gasteiger partial charge in [-0.3, -0.25) is 9.80 Å². The van der Waals surface area contributed by atoms with E-state index in [4.69, 9.17) is 8.83 Å².